The van der Waals surface area contributed by atoms with Crippen LogP contribution in [0.2, 0.25) is 10.0 Å². The molecule has 1 saturated heterocycles. The lowest BCUT2D eigenvalue weighted by Gasteiger charge is -2.39. The summed E-state index contributed by atoms with van der Waals surface area (Å²) in [5.74, 6) is -2.25. The first kappa shape index (κ1) is 26.7. The number of ketones is 1. The van der Waals surface area contributed by atoms with Gasteiger partial charge in [-0.15, -0.1) is 0 Å². The first-order valence-electron chi connectivity index (χ1n) is 10.8. The predicted octanol–water partition coefficient (Wildman–Crippen LogP) is 6.82. The van der Waals surface area contributed by atoms with Crippen molar-refractivity contribution in [1.82, 2.24) is 5.32 Å². The Morgan fingerprint density at radius 2 is 1.76 bits per heavy atom. The molecule has 4 nitrogen and oxygen atoms in total. The van der Waals surface area contributed by atoms with Gasteiger partial charge in [-0.2, -0.15) is 26.3 Å². The van der Waals surface area contributed by atoms with Crippen LogP contribution in [0.1, 0.15) is 41.2 Å². The molecule has 2 aromatic rings. The van der Waals surface area contributed by atoms with Crippen molar-refractivity contribution in [2.75, 3.05) is 13.1 Å². The first-order valence-corrected chi connectivity index (χ1v) is 12.3. The Hall–Kier alpha value is -1.86. The lowest BCUT2D eigenvalue weighted by molar-refractivity contribution is -0.170. The molecule has 1 N–H and O–H groups in total. The largest absolute Gasteiger partial charge is 0.409 e. The maximum atomic E-state index is 14.4. The molecule has 3 aliphatic rings. The number of fused-ring (bicyclic) bond motifs is 2. The number of carbonyl (C=O) groups excluding carboxylic acids is 1. The van der Waals surface area contributed by atoms with Gasteiger partial charge in [0.25, 0.3) is 0 Å². The van der Waals surface area contributed by atoms with E-state index in [9.17, 15) is 35.5 Å². The molecule has 3 heterocycles. The summed E-state index contributed by atoms with van der Waals surface area (Å²) >= 11 is 11.7. The highest BCUT2D eigenvalue weighted by Gasteiger charge is 2.60. The molecule has 37 heavy (non-hydrogen) atoms. The molecule has 0 radical (unpaired) electrons. The van der Waals surface area contributed by atoms with Crippen LogP contribution in [0.15, 0.2) is 34.7 Å². The molecule has 0 bridgehead atoms. The third-order valence-corrected chi connectivity index (χ3v) is 8.41. The first-order chi connectivity index (χ1) is 17.2. The van der Waals surface area contributed by atoms with E-state index in [4.69, 9.17) is 27.9 Å². The Balaban J connectivity index is 1.52. The fourth-order valence-corrected chi connectivity index (χ4v) is 6.18. The standard InChI is InChI=1S/C23H15Cl2F7N2O2S/c24-14-4-11(5-15(25)18(14)26)21(23(30,31)32)6-16(34-37-21)10-1-2-13-12(3-10)19(17(35)7-22(27,28)29)36-20(13)8-33-9-20/h1-5,19,33H,6-9H2/t19-,21-/m1/s1. The van der Waals surface area contributed by atoms with Gasteiger partial charge in [0.05, 0.1) is 15.8 Å². The highest BCUT2D eigenvalue weighted by Crippen LogP contribution is 2.57. The zero-order valence-electron chi connectivity index (χ0n) is 18.4. The summed E-state index contributed by atoms with van der Waals surface area (Å²) in [6.45, 7) is 0.546. The van der Waals surface area contributed by atoms with Gasteiger partial charge in [0, 0.05) is 19.5 Å². The van der Waals surface area contributed by atoms with Gasteiger partial charge in [-0.05, 0) is 52.4 Å². The van der Waals surface area contributed by atoms with E-state index in [0.717, 1.165) is 12.1 Å². The average molecular weight is 587 g/mol. The molecule has 0 unspecified atom stereocenters. The van der Waals surface area contributed by atoms with Crippen molar-refractivity contribution in [3.8, 4) is 0 Å². The third kappa shape index (κ3) is 4.44. The second-order valence-corrected chi connectivity index (χ2v) is 10.9. The third-order valence-electron chi connectivity index (χ3n) is 6.63. The number of hydrogen-bond donors (Lipinski definition) is 1. The number of halogens is 9. The summed E-state index contributed by atoms with van der Waals surface area (Å²) in [6.07, 6.45) is -13.5. The average Bonchev–Trinajstić information content (AvgIpc) is 3.36. The number of carbonyl (C=O) groups is 1. The van der Waals surface area contributed by atoms with Crippen LogP contribution in [-0.4, -0.2) is 36.9 Å². The number of alkyl halides is 6. The van der Waals surface area contributed by atoms with Gasteiger partial charge in [-0.25, -0.2) is 8.79 Å². The van der Waals surface area contributed by atoms with Gasteiger partial charge in [0.1, 0.15) is 18.1 Å². The Morgan fingerprint density at radius 1 is 1.11 bits per heavy atom. The number of nitrogens with one attached hydrogen (secondary N) is 1. The second kappa shape index (κ2) is 8.84. The Morgan fingerprint density at radius 3 is 2.30 bits per heavy atom. The minimum atomic E-state index is -4.86. The van der Waals surface area contributed by atoms with E-state index in [1.54, 1.807) is 6.07 Å². The van der Waals surface area contributed by atoms with Crippen LogP contribution >= 0.6 is 35.1 Å². The number of Topliss-reactive ketones (excluding diaryl/α,β-unsaturated/α-hetero) is 1. The van der Waals surface area contributed by atoms with Crippen LogP contribution in [-0.2, 0) is 19.9 Å². The van der Waals surface area contributed by atoms with Crippen LogP contribution < -0.4 is 5.32 Å². The minimum absolute atomic E-state index is 0.0172. The lowest BCUT2D eigenvalue weighted by Crippen LogP contribution is -2.57. The fourth-order valence-electron chi connectivity index (χ4n) is 4.73. The molecule has 1 spiro atoms. The number of benzene rings is 2. The normalized spacial score (nSPS) is 24.7. The van der Waals surface area contributed by atoms with Gasteiger partial charge in [0.15, 0.2) is 16.3 Å². The fraction of sp³-hybridized carbons (Fsp3) is 0.391. The van der Waals surface area contributed by atoms with E-state index in [1.807, 2.05) is 0 Å². The SMILES string of the molecule is O=C(CC(F)(F)F)[C@@H]1OC2(CNC2)c2ccc(C3=NS[C@](c4cc(Cl)c(F)c(Cl)c4)(C(F)(F)F)C3)cc21. The molecule has 0 saturated carbocycles. The molecular weight excluding hydrogens is 572 g/mol. The van der Waals surface area contributed by atoms with Gasteiger partial charge < -0.3 is 10.1 Å². The van der Waals surface area contributed by atoms with E-state index < -0.39 is 68.9 Å². The molecule has 0 amide bonds. The zero-order chi connectivity index (χ0) is 27.0. The summed E-state index contributed by atoms with van der Waals surface area (Å²) in [6, 6.07) is 6.08. The van der Waals surface area contributed by atoms with E-state index >= 15 is 0 Å². The highest BCUT2D eigenvalue weighted by atomic mass is 35.5. The van der Waals surface area contributed by atoms with Crippen LogP contribution in [0.4, 0.5) is 30.7 Å². The molecule has 3 aliphatic heterocycles. The van der Waals surface area contributed by atoms with Crippen LogP contribution in [0, 0.1) is 5.82 Å². The van der Waals surface area contributed by atoms with Crippen LogP contribution in [0.5, 0.6) is 0 Å². The van der Waals surface area contributed by atoms with Crippen LogP contribution in [0.25, 0.3) is 0 Å². The van der Waals surface area contributed by atoms with Crippen molar-refractivity contribution in [3.05, 3.63) is 68.4 Å². The Bertz CT molecular complexity index is 1300. The maximum absolute atomic E-state index is 14.4. The summed E-state index contributed by atoms with van der Waals surface area (Å²) < 4.78 is 103. The van der Waals surface area contributed by atoms with E-state index in [0.29, 0.717) is 5.56 Å². The zero-order valence-corrected chi connectivity index (χ0v) is 20.7. The molecule has 2 aromatic carbocycles. The van der Waals surface area contributed by atoms with Crippen molar-refractivity contribution >= 4 is 46.6 Å². The van der Waals surface area contributed by atoms with Gasteiger partial charge >= 0.3 is 12.4 Å². The van der Waals surface area contributed by atoms with Crippen molar-refractivity contribution in [2.45, 2.75) is 41.6 Å². The van der Waals surface area contributed by atoms with Gasteiger partial charge in [-0.1, -0.05) is 35.3 Å². The quantitative estimate of drug-likeness (QED) is 0.242. The molecule has 198 valence electrons. The molecule has 2 atom stereocenters. The lowest BCUT2D eigenvalue weighted by atomic mass is 9.84. The molecule has 1 fully saturated rings. The topological polar surface area (TPSA) is 50.7 Å². The van der Waals surface area contributed by atoms with Gasteiger partial charge in [-0.3, -0.25) is 4.79 Å². The van der Waals surface area contributed by atoms with E-state index in [1.165, 1.54) is 12.1 Å². The minimum Gasteiger partial charge on any atom is -0.352 e. The molecule has 14 heteroatoms. The molecular formula is C23H15Cl2F7N2O2S. The Kier molecular flexibility index (Phi) is 6.38. The number of hydrogen-bond acceptors (Lipinski definition) is 5. The summed E-state index contributed by atoms with van der Waals surface area (Å²) in [5, 5.41) is 1.80. The Labute approximate surface area is 219 Å². The van der Waals surface area contributed by atoms with Crippen molar-refractivity contribution in [2.24, 2.45) is 4.40 Å². The second-order valence-electron chi connectivity index (χ2n) is 9.04. The van der Waals surface area contributed by atoms with Crippen molar-refractivity contribution in [3.63, 3.8) is 0 Å². The highest BCUT2D eigenvalue weighted by molar-refractivity contribution is 7.99. The number of ether oxygens (including phenoxy) is 1. The van der Waals surface area contributed by atoms with E-state index in [-0.39, 0.29) is 41.9 Å². The summed E-state index contributed by atoms with van der Waals surface area (Å²) in [4.78, 5) is 12.5. The summed E-state index contributed by atoms with van der Waals surface area (Å²) in [7, 11) is 0. The molecule has 5 rings (SSSR count). The summed E-state index contributed by atoms with van der Waals surface area (Å²) in [5.41, 5.74) is -0.545. The maximum Gasteiger partial charge on any atom is 0.409 e. The smallest absolute Gasteiger partial charge is 0.352 e. The number of rotatable bonds is 4. The monoisotopic (exact) mass is 586 g/mol. The molecule has 0 aromatic heterocycles. The van der Waals surface area contributed by atoms with Crippen molar-refractivity contribution < 1.29 is 40.3 Å². The van der Waals surface area contributed by atoms with Crippen LogP contribution in [0.3, 0.4) is 0 Å². The predicted molar refractivity (Wildman–Crippen MR) is 123 cm³/mol. The van der Waals surface area contributed by atoms with Gasteiger partial charge in [0.2, 0.25) is 0 Å². The molecule has 0 aliphatic carbocycles. The van der Waals surface area contributed by atoms with E-state index in [2.05, 4.69) is 9.71 Å². The van der Waals surface area contributed by atoms with Crippen molar-refractivity contribution in [1.29, 1.82) is 0 Å². The number of nitrogens with zero attached hydrogens (tertiary/aromatic N) is 1.